The largest absolute Gasteiger partial charge is 0.369 e. The van der Waals surface area contributed by atoms with Crippen molar-refractivity contribution in [3.63, 3.8) is 0 Å². The molecule has 0 saturated carbocycles. The van der Waals surface area contributed by atoms with Crippen LogP contribution in [-0.2, 0) is 0 Å². The third kappa shape index (κ3) is 3.34. The van der Waals surface area contributed by atoms with Gasteiger partial charge in [-0.3, -0.25) is 4.79 Å². The first kappa shape index (κ1) is 14.0. The number of hydrogen-bond donors (Lipinski definition) is 0. The molecule has 1 saturated heterocycles. The van der Waals surface area contributed by atoms with Crippen molar-refractivity contribution in [3.05, 3.63) is 29.6 Å². The standard InChI is InChI=1S/C16H22FNO/c1-3-13-5-4-9-18(10-8-13)16-7-6-14(12(2)19)11-15(16)17/h6-7,11,13H,3-5,8-10H2,1-2H3. The fourth-order valence-corrected chi connectivity index (χ4v) is 2.80. The Morgan fingerprint density at radius 1 is 1.37 bits per heavy atom. The first-order valence-electron chi connectivity index (χ1n) is 7.17. The van der Waals surface area contributed by atoms with Gasteiger partial charge in [-0.05, 0) is 50.3 Å². The first-order chi connectivity index (χ1) is 9.11. The molecule has 1 aliphatic rings. The molecule has 1 aromatic carbocycles. The third-order valence-electron chi connectivity index (χ3n) is 4.12. The number of hydrogen-bond acceptors (Lipinski definition) is 2. The van der Waals surface area contributed by atoms with Gasteiger partial charge in [0.05, 0.1) is 5.69 Å². The van der Waals surface area contributed by atoms with Gasteiger partial charge in [0.1, 0.15) is 5.82 Å². The van der Waals surface area contributed by atoms with Gasteiger partial charge in [0.25, 0.3) is 0 Å². The number of ketones is 1. The van der Waals surface area contributed by atoms with E-state index in [-0.39, 0.29) is 11.6 Å². The summed E-state index contributed by atoms with van der Waals surface area (Å²) in [6, 6.07) is 4.83. The highest BCUT2D eigenvalue weighted by Crippen LogP contribution is 2.27. The lowest BCUT2D eigenvalue weighted by Crippen LogP contribution is -2.25. The Morgan fingerprint density at radius 2 is 2.16 bits per heavy atom. The van der Waals surface area contributed by atoms with Crippen LogP contribution in [0.4, 0.5) is 10.1 Å². The summed E-state index contributed by atoms with van der Waals surface area (Å²) >= 11 is 0. The zero-order valence-electron chi connectivity index (χ0n) is 11.8. The van der Waals surface area contributed by atoms with E-state index in [1.54, 1.807) is 12.1 Å². The summed E-state index contributed by atoms with van der Waals surface area (Å²) in [5.74, 6) is 0.402. The van der Waals surface area contributed by atoms with Crippen LogP contribution in [0.15, 0.2) is 18.2 Å². The van der Waals surface area contributed by atoms with E-state index in [9.17, 15) is 9.18 Å². The molecular weight excluding hydrogens is 241 g/mol. The maximum atomic E-state index is 14.1. The van der Waals surface area contributed by atoms with Gasteiger partial charge in [-0.25, -0.2) is 4.39 Å². The van der Waals surface area contributed by atoms with E-state index in [0.29, 0.717) is 11.3 Å². The molecule has 0 aliphatic carbocycles. The number of halogens is 1. The van der Waals surface area contributed by atoms with E-state index in [0.717, 1.165) is 31.8 Å². The van der Waals surface area contributed by atoms with E-state index in [1.807, 2.05) is 0 Å². The van der Waals surface area contributed by atoms with Crippen LogP contribution in [0.2, 0.25) is 0 Å². The topological polar surface area (TPSA) is 20.3 Å². The molecule has 2 rings (SSSR count). The molecule has 1 heterocycles. The summed E-state index contributed by atoms with van der Waals surface area (Å²) in [7, 11) is 0. The van der Waals surface area contributed by atoms with Gasteiger partial charge in [0, 0.05) is 18.7 Å². The number of rotatable bonds is 3. The lowest BCUT2D eigenvalue weighted by atomic mass is 9.98. The minimum absolute atomic E-state index is 0.0904. The highest BCUT2D eigenvalue weighted by molar-refractivity contribution is 5.94. The predicted octanol–water partition coefficient (Wildman–Crippen LogP) is 4.04. The van der Waals surface area contributed by atoms with Crippen LogP contribution in [0.5, 0.6) is 0 Å². The molecular formula is C16H22FNO. The summed E-state index contributed by atoms with van der Waals surface area (Å²) in [5.41, 5.74) is 1.09. The van der Waals surface area contributed by atoms with Crippen molar-refractivity contribution < 1.29 is 9.18 Å². The summed E-state index contributed by atoms with van der Waals surface area (Å²) in [6.07, 6.45) is 4.69. The molecule has 1 fully saturated rings. The van der Waals surface area contributed by atoms with E-state index < -0.39 is 0 Å². The Balaban J connectivity index is 2.15. The van der Waals surface area contributed by atoms with Gasteiger partial charge in [-0.15, -0.1) is 0 Å². The molecule has 19 heavy (non-hydrogen) atoms. The van der Waals surface area contributed by atoms with Gasteiger partial charge in [-0.2, -0.15) is 0 Å². The molecule has 1 unspecified atom stereocenters. The molecule has 1 aromatic rings. The fourth-order valence-electron chi connectivity index (χ4n) is 2.80. The summed E-state index contributed by atoms with van der Waals surface area (Å²) < 4.78 is 14.1. The highest BCUT2D eigenvalue weighted by atomic mass is 19.1. The predicted molar refractivity (Wildman–Crippen MR) is 76.2 cm³/mol. The van der Waals surface area contributed by atoms with Crippen molar-refractivity contribution in [2.75, 3.05) is 18.0 Å². The number of nitrogens with zero attached hydrogens (tertiary/aromatic N) is 1. The molecule has 0 aromatic heterocycles. The van der Waals surface area contributed by atoms with Crippen molar-refractivity contribution in [1.29, 1.82) is 0 Å². The molecule has 0 radical (unpaired) electrons. The number of carbonyl (C=O) groups is 1. The Bertz CT molecular complexity index is 458. The highest BCUT2D eigenvalue weighted by Gasteiger charge is 2.18. The lowest BCUT2D eigenvalue weighted by Gasteiger charge is -2.23. The van der Waals surface area contributed by atoms with Gasteiger partial charge < -0.3 is 4.90 Å². The van der Waals surface area contributed by atoms with Crippen LogP contribution in [0, 0.1) is 11.7 Å². The molecule has 0 spiro atoms. The average molecular weight is 263 g/mol. The Kier molecular flexibility index (Phi) is 4.56. The van der Waals surface area contributed by atoms with Crippen molar-refractivity contribution >= 4 is 11.5 Å². The van der Waals surface area contributed by atoms with Crippen molar-refractivity contribution in [2.24, 2.45) is 5.92 Å². The zero-order chi connectivity index (χ0) is 13.8. The number of benzene rings is 1. The second kappa shape index (κ2) is 6.18. The van der Waals surface area contributed by atoms with Crippen molar-refractivity contribution in [3.8, 4) is 0 Å². The molecule has 1 aliphatic heterocycles. The second-order valence-corrected chi connectivity index (χ2v) is 5.41. The van der Waals surface area contributed by atoms with E-state index >= 15 is 0 Å². The minimum atomic E-state index is -0.275. The van der Waals surface area contributed by atoms with Crippen LogP contribution in [0.1, 0.15) is 49.9 Å². The molecule has 0 N–H and O–H groups in total. The maximum Gasteiger partial charge on any atom is 0.159 e. The molecule has 0 bridgehead atoms. The smallest absolute Gasteiger partial charge is 0.159 e. The van der Waals surface area contributed by atoms with Crippen molar-refractivity contribution in [1.82, 2.24) is 0 Å². The summed E-state index contributed by atoms with van der Waals surface area (Å²) in [5, 5.41) is 0. The van der Waals surface area contributed by atoms with Crippen LogP contribution in [0.3, 0.4) is 0 Å². The Hall–Kier alpha value is -1.38. The van der Waals surface area contributed by atoms with Crippen LogP contribution in [-0.4, -0.2) is 18.9 Å². The number of anilines is 1. The van der Waals surface area contributed by atoms with Crippen LogP contribution in [0.25, 0.3) is 0 Å². The lowest BCUT2D eigenvalue weighted by molar-refractivity contribution is 0.101. The van der Waals surface area contributed by atoms with Gasteiger partial charge >= 0.3 is 0 Å². The van der Waals surface area contributed by atoms with Gasteiger partial charge in [0.2, 0.25) is 0 Å². The fraction of sp³-hybridized carbons (Fsp3) is 0.562. The molecule has 3 heteroatoms. The van der Waals surface area contributed by atoms with E-state index in [2.05, 4.69) is 11.8 Å². The monoisotopic (exact) mass is 263 g/mol. The van der Waals surface area contributed by atoms with Crippen LogP contribution >= 0.6 is 0 Å². The van der Waals surface area contributed by atoms with Crippen molar-refractivity contribution in [2.45, 2.75) is 39.5 Å². The molecule has 2 nitrogen and oxygen atoms in total. The SMILES string of the molecule is CCC1CCCN(c2ccc(C(C)=O)cc2F)CC1. The molecule has 0 amide bonds. The summed E-state index contributed by atoms with van der Waals surface area (Å²) in [6.45, 7) is 5.51. The zero-order valence-corrected chi connectivity index (χ0v) is 11.8. The molecule has 1 atom stereocenters. The third-order valence-corrected chi connectivity index (χ3v) is 4.12. The average Bonchev–Trinajstić information content (AvgIpc) is 2.63. The quantitative estimate of drug-likeness (QED) is 0.767. The molecule has 104 valence electrons. The minimum Gasteiger partial charge on any atom is -0.369 e. The summed E-state index contributed by atoms with van der Waals surface area (Å²) in [4.78, 5) is 13.4. The first-order valence-corrected chi connectivity index (χ1v) is 7.17. The normalized spacial score (nSPS) is 20.2. The van der Waals surface area contributed by atoms with Crippen LogP contribution < -0.4 is 4.90 Å². The maximum absolute atomic E-state index is 14.1. The van der Waals surface area contributed by atoms with E-state index in [1.165, 1.54) is 25.8 Å². The second-order valence-electron chi connectivity index (χ2n) is 5.41. The van der Waals surface area contributed by atoms with Gasteiger partial charge in [0.15, 0.2) is 5.78 Å². The Labute approximate surface area is 114 Å². The Morgan fingerprint density at radius 3 is 2.79 bits per heavy atom. The number of Topliss-reactive ketones (excluding diaryl/α,β-unsaturated/α-hetero) is 1. The van der Waals surface area contributed by atoms with Gasteiger partial charge in [-0.1, -0.05) is 13.3 Å². The van der Waals surface area contributed by atoms with E-state index in [4.69, 9.17) is 0 Å². The number of carbonyl (C=O) groups excluding carboxylic acids is 1.